The monoisotopic (exact) mass is 354 g/mol. The molecule has 26 heavy (non-hydrogen) atoms. The summed E-state index contributed by atoms with van der Waals surface area (Å²) in [5.74, 6) is -0.780. The van der Waals surface area contributed by atoms with Gasteiger partial charge >= 0.3 is 5.97 Å². The van der Waals surface area contributed by atoms with Crippen molar-refractivity contribution >= 4 is 11.9 Å². The Labute approximate surface area is 152 Å². The number of aliphatic carboxylic acids is 1. The topological polar surface area (TPSA) is 88.5 Å². The highest BCUT2D eigenvalue weighted by Gasteiger charge is 2.19. The van der Waals surface area contributed by atoms with E-state index >= 15 is 0 Å². The predicted molar refractivity (Wildman–Crippen MR) is 98.2 cm³/mol. The van der Waals surface area contributed by atoms with Crippen LogP contribution < -0.4 is 10.1 Å². The molecule has 0 saturated heterocycles. The van der Waals surface area contributed by atoms with Gasteiger partial charge in [-0.2, -0.15) is 0 Å². The number of carboxylic acids is 1. The van der Waals surface area contributed by atoms with Crippen LogP contribution in [0.1, 0.15) is 31.1 Å². The van der Waals surface area contributed by atoms with E-state index in [1.165, 1.54) is 12.1 Å². The van der Waals surface area contributed by atoms with Crippen molar-refractivity contribution in [1.29, 1.82) is 0 Å². The van der Waals surface area contributed by atoms with Gasteiger partial charge in [0.25, 0.3) is 5.91 Å². The maximum atomic E-state index is 12.4. The average molecular weight is 354 g/mol. The van der Waals surface area contributed by atoms with Gasteiger partial charge in [-0.1, -0.05) is 45.1 Å². The summed E-state index contributed by atoms with van der Waals surface area (Å²) in [6, 6.07) is 10.6. The number of hydrogen-bond acceptors (Lipinski definition) is 4. The van der Waals surface area contributed by atoms with Gasteiger partial charge in [-0.05, 0) is 29.7 Å². The molecule has 0 aliphatic carbocycles. The fraction of sp³-hybridized carbons (Fsp3) is 0.250. The zero-order valence-corrected chi connectivity index (χ0v) is 15.0. The number of carbonyl (C=O) groups is 2. The molecule has 0 spiro atoms. The van der Waals surface area contributed by atoms with Gasteiger partial charge in [-0.3, -0.25) is 4.79 Å². The minimum atomic E-state index is -1.13. The van der Waals surface area contributed by atoms with Crippen LogP contribution >= 0.6 is 0 Å². The van der Waals surface area contributed by atoms with Gasteiger partial charge in [-0.25, -0.2) is 9.78 Å². The third-order valence-electron chi connectivity index (χ3n) is 3.30. The molecule has 0 bridgehead atoms. The summed E-state index contributed by atoms with van der Waals surface area (Å²) in [7, 11) is 0. The van der Waals surface area contributed by atoms with Crippen molar-refractivity contribution in [2.75, 3.05) is 0 Å². The van der Waals surface area contributed by atoms with Crippen LogP contribution in [0.2, 0.25) is 0 Å². The summed E-state index contributed by atoms with van der Waals surface area (Å²) in [6.45, 7) is 5.84. The number of ether oxygens (including phenoxy) is 1. The van der Waals surface area contributed by atoms with E-state index in [-0.39, 0.29) is 5.41 Å². The van der Waals surface area contributed by atoms with Crippen molar-refractivity contribution in [3.8, 4) is 11.6 Å². The normalized spacial score (nSPS) is 12.6. The fourth-order valence-electron chi connectivity index (χ4n) is 2.03. The molecule has 0 aliphatic rings. The standard InChI is InChI=1S/C20H22N2O4/c1-20(2,3)11-10-16(19(24)25)22-18(23)14-7-6-8-15(13-14)26-17-9-4-5-12-21-17/h4-13,16H,1-3H3,(H,22,23)(H,24,25)/b11-10+/t16-/m1/s1. The second kappa shape index (κ2) is 8.29. The van der Waals surface area contributed by atoms with E-state index in [0.717, 1.165) is 0 Å². The molecule has 0 aliphatic heterocycles. The van der Waals surface area contributed by atoms with Gasteiger partial charge in [0.15, 0.2) is 0 Å². The molecule has 1 amide bonds. The fourth-order valence-corrected chi connectivity index (χ4v) is 2.03. The predicted octanol–water partition coefficient (Wildman–Crippen LogP) is 3.66. The first-order chi connectivity index (χ1) is 12.2. The molecule has 1 aromatic carbocycles. The molecule has 2 N–H and O–H groups in total. The van der Waals surface area contributed by atoms with E-state index in [1.54, 1.807) is 48.7 Å². The van der Waals surface area contributed by atoms with Crippen LogP contribution in [0, 0.1) is 5.41 Å². The van der Waals surface area contributed by atoms with Crippen LogP contribution in [-0.4, -0.2) is 28.0 Å². The Balaban J connectivity index is 2.12. The first kappa shape index (κ1) is 19.2. The first-order valence-electron chi connectivity index (χ1n) is 8.16. The lowest BCUT2D eigenvalue weighted by Gasteiger charge is -2.15. The molecule has 0 radical (unpaired) electrons. The number of carboxylic acid groups (broad SMARTS) is 1. The maximum Gasteiger partial charge on any atom is 0.330 e. The SMILES string of the molecule is CC(C)(C)/C=C/[C@@H](NC(=O)c1cccc(Oc2ccccn2)c1)C(=O)O. The van der Waals surface area contributed by atoms with Gasteiger partial charge in [-0.15, -0.1) is 0 Å². The second-order valence-corrected chi connectivity index (χ2v) is 6.81. The number of nitrogens with zero attached hydrogens (tertiary/aromatic N) is 1. The quantitative estimate of drug-likeness (QED) is 0.773. The van der Waals surface area contributed by atoms with Crippen LogP contribution in [-0.2, 0) is 4.79 Å². The van der Waals surface area contributed by atoms with Crippen molar-refractivity contribution in [2.45, 2.75) is 26.8 Å². The summed E-state index contributed by atoms with van der Waals surface area (Å²) in [5, 5.41) is 11.8. The number of allylic oxidation sites excluding steroid dienone is 1. The molecule has 2 rings (SSSR count). The molecule has 1 aromatic heterocycles. The summed E-state index contributed by atoms with van der Waals surface area (Å²) >= 11 is 0. The molecule has 0 unspecified atom stereocenters. The second-order valence-electron chi connectivity index (χ2n) is 6.81. The Morgan fingerprint density at radius 1 is 1.19 bits per heavy atom. The number of benzene rings is 1. The molecule has 1 atom stereocenters. The van der Waals surface area contributed by atoms with Crippen LogP contribution in [0.5, 0.6) is 11.6 Å². The number of hydrogen-bond donors (Lipinski definition) is 2. The highest BCUT2D eigenvalue weighted by molar-refractivity contribution is 5.97. The maximum absolute atomic E-state index is 12.4. The van der Waals surface area contributed by atoms with Crippen LogP contribution in [0.15, 0.2) is 60.8 Å². The minimum absolute atomic E-state index is 0.186. The van der Waals surface area contributed by atoms with Gasteiger partial charge in [0.1, 0.15) is 11.8 Å². The lowest BCUT2D eigenvalue weighted by Crippen LogP contribution is -2.39. The number of carbonyl (C=O) groups excluding carboxylic acids is 1. The number of amides is 1. The van der Waals surface area contributed by atoms with E-state index in [4.69, 9.17) is 4.74 Å². The smallest absolute Gasteiger partial charge is 0.330 e. The largest absolute Gasteiger partial charge is 0.479 e. The molecular formula is C20H22N2O4. The van der Waals surface area contributed by atoms with Crippen LogP contribution in [0.25, 0.3) is 0 Å². The molecule has 6 nitrogen and oxygen atoms in total. The summed E-state index contributed by atoms with van der Waals surface area (Å²) in [4.78, 5) is 27.9. The Morgan fingerprint density at radius 2 is 1.96 bits per heavy atom. The number of aromatic nitrogens is 1. The zero-order valence-electron chi connectivity index (χ0n) is 15.0. The van der Waals surface area contributed by atoms with Gasteiger partial charge in [0.2, 0.25) is 5.88 Å². The highest BCUT2D eigenvalue weighted by atomic mass is 16.5. The first-order valence-corrected chi connectivity index (χ1v) is 8.16. The third kappa shape index (κ3) is 6.05. The number of pyridine rings is 1. The molecule has 1 heterocycles. The Hall–Kier alpha value is -3.15. The Bertz CT molecular complexity index is 795. The van der Waals surface area contributed by atoms with E-state index in [9.17, 15) is 14.7 Å². The van der Waals surface area contributed by atoms with E-state index in [1.807, 2.05) is 20.8 Å². The highest BCUT2D eigenvalue weighted by Crippen LogP contribution is 2.20. The van der Waals surface area contributed by atoms with Crippen molar-refractivity contribution < 1.29 is 19.4 Å². The van der Waals surface area contributed by atoms with Gasteiger partial charge in [0.05, 0.1) is 0 Å². The summed E-state index contributed by atoms with van der Waals surface area (Å²) in [5.41, 5.74) is 0.114. The Morgan fingerprint density at radius 3 is 2.58 bits per heavy atom. The Kier molecular flexibility index (Phi) is 6.11. The lowest BCUT2D eigenvalue weighted by molar-refractivity contribution is -0.137. The minimum Gasteiger partial charge on any atom is -0.479 e. The molecule has 0 saturated carbocycles. The third-order valence-corrected chi connectivity index (χ3v) is 3.30. The number of nitrogens with one attached hydrogen (secondary N) is 1. The van der Waals surface area contributed by atoms with Gasteiger partial charge < -0.3 is 15.2 Å². The van der Waals surface area contributed by atoms with Crippen molar-refractivity contribution in [3.63, 3.8) is 0 Å². The zero-order chi connectivity index (χ0) is 19.2. The van der Waals surface area contributed by atoms with Gasteiger partial charge in [0, 0.05) is 17.8 Å². The molecule has 136 valence electrons. The molecule has 2 aromatic rings. The lowest BCUT2D eigenvalue weighted by atomic mass is 9.95. The van der Waals surface area contributed by atoms with E-state index < -0.39 is 17.9 Å². The van der Waals surface area contributed by atoms with Crippen molar-refractivity contribution in [1.82, 2.24) is 10.3 Å². The van der Waals surface area contributed by atoms with Crippen molar-refractivity contribution in [2.24, 2.45) is 5.41 Å². The van der Waals surface area contributed by atoms with E-state index in [2.05, 4.69) is 10.3 Å². The summed E-state index contributed by atoms with van der Waals surface area (Å²) < 4.78 is 5.59. The van der Waals surface area contributed by atoms with Crippen molar-refractivity contribution in [3.05, 3.63) is 66.4 Å². The van der Waals surface area contributed by atoms with Crippen LogP contribution in [0.3, 0.4) is 0 Å². The molecule has 6 heteroatoms. The number of rotatable bonds is 6. The van der Waals surface area contributed by atoms with Crippen LogP contribution in [0.4, 0.5) is 0 Å². The summed E-state index contributed by atoms with van der Waals surface area (Å²) in [6.07, 6.45) is 4.84. The van der Waals surface area contributed by atoms with E-state index in [0.29, 0.717) is 17.2 Å². The average Bonchev–Trinajstić information content (AvgIpc) is 2.58. The molecule has 0 fully saturated rings. The molecular weight excluding hydrogens is 332 g/mol.